The van der Waals surface area contributed by atoms with Crippen molar-refractivity contribution in [1.29, 1.82) is 0 Å². The van der Waals surface area contributed by atoms with Gasteiger partial charge in [0, 0.05) is 11.3 Å². The largest absolute Gasteiger partial charge is 0.416 e. The molecule has 0 bridgehead atoms. The Labute approximate surface area is 148 Å². The molecular formula is C19H15F3N4. The van der Waals surface area contributed by atoms with Crippen molar-refractivity contribution in [3.8, 4) is 11.3 Å². The topological polar surface area (TPSA) is 50.2 Å². The molecule has 132 valence electrons. The number of hydrogen-bond donors (Lipinski definition) is 1. The van der Waals surface area contributed by atoms with E-state index in [9.17, 15) is 13.2 Å². The highest BCUT2D eigenvalue weighted by Gasteiger charge is 2.29. The van der Waals surface area contributed by atoms with Crippen LogP contribution in [0, 0.1) is 6.92 Å². The summed E-state index contributed by atoms with van der Waals surface area (Å²) in [6.45, 7) is 1.85. The number of alkyl halides is 3. The van der Waals surface area contributed by atoms with Gasteiger partial charge in [-0.05, 0) is 30.7 Å². The van der Waals surface area contributed by atoms with Crippen LogP contribution in [-0.2, 0) is 6.18 Å². The number of anilines is 1. The summed E-state index contributed by atoms with van der Waals surface area (Å²) in [6, 6.07) is 16.2. The monoisotopic (exact) mass is 356 g/mol. The van der Waals surface area contributed by atoms with Crippen LogP contribution in [0.15, 0.2) is 65.8 Å². The van der Waals surface area contributed by atoms with Gasteiger partial charge in [0.2, 0.25) is 5.95 Å². The first-order valence-electron chi connectivity index (χ1n) is 7.79. The Morgan fingerprint density at radius 2 is 1.65 bits per heavy atom. The van der Waals surface area contributed by atoms with Crippen LogP contribution >= 0.6 is 0 Å². The fourth-order valence-electron chi connectivity index (χ4n) is 2.30. The third-order valence-corrected chi connectivity index (χ3v) is 3.54. The van der Waals surface area contributed by atoms with Gasteiger partial charge in [-0.15, -0.1) is 0 Å². The fraction of sp³-hybridized carbons (Fsp3) is 0.105. The second-order valence-electron chi connectivity index (χ2n) is 5.57. The molecule has 0 unspecified atom stereocenters. The molecule has 1 N–H and O–H groups in total. The molecule has 0 amide bonds. The lowest BCUT2D eigenvalue weighted by molar-refractivity contribution is -0.137. The van der Waals surface area contributed by atoms with E-state index < -0.39 is 11.7 Å². The summed E-state index contributed by atoms with van der Waals surface area (Å²) in [4.78, 5) is 8.65. The van der Waals surface area contributed by atoms with Gasteiger partial charge < -0.3 is 0 Å². The van der Waals surface area contributed by atoms with Crippen LogP contribution in [0.25, 0.3) is 11.3 Å². The highest BCUT2D eigenvalue weighted by molar-refractivity contribution is 5.80. The predicted octanol–water partition coefficient (Wildman–Crippen LogP) is 4.92. The molecule has 0 saturated heterocycles. The lowest BCUT2D eigenvalue weighted by Gasteiger charge is -2.06. The lowest BCUT2D eigenvalue weighted by Crippen LogP contribution is -2.04. The Kier molecular flexibility index (Phi) is 4.97. The average molecular weight is 356 g/mol. The van der Waals surface area contributed by atoms with Crippen molar-refractivity contribution >= 4 is 12.2 Å². The molecular weight excluding hydrogens is 341 g/mol. The van der Waals surface area contributed by atoms with Gasteiger partial charge in [0.1, 0.15) is 0 Å². The van der Waals surface area contributed by atoms with Crippen molar-refractivity contribution in [2.45, 2.75) is 13.1 Å². The smallest absolute Gasteiger partial charge is 0.245 e. The third-order valence-electron chi connectivity index (χ3n) is 3.54. The maximum absolute atomic E-state index is 12.5. The maximum Gasteiger partial charge on any atom is 0.416 e. The van der Waals surface area contributed by atoms with E-state index in [2.05, 4.69) is 20.5 Å². The van der Waals surface area contributed by atoms with E-state index in [0.29, 0.717) is 11.5 Å². The molecule has 1 heterocycles. The summed E-state index contributed by atoms with van der Waals surface area (Å²) in [6.07, 6.45) is -2.94. The molecule has 4 nitrogen and oxygen atoms in total. The van der Waals surface area contributed by atoms with E-state index >= 15 is 0 Å². The summed E-state index contributed by atoms with van der Waals surface area (Å²) in [5.74, 6) is 0.312. The normalized spacial score (nSPS) is 11.7. The molecule has 0 atom stereocenters. The number of aryl methyl sites for hydroxylation is 1. The zero-order valence-corrected chi connectivity index (χ0v) is 13.8. The second kappa shape index (κ2) is 7.35. The van der Waals surface area contributed by atoms with Crippen molar-refractivity contribution in [1.82, 2.24) is 9.97 Å². The van der Waals surface area contributed by atoms with Crippen molar-refractivity contribution in [2.75, 3.05) is 5.43 Å². The van der Waals surface area contributed by atoms with Crippen LogP contribution in [0.2, 0.25) is 0 Å². The predicted molar refractivity (Wildman–Crippen MR) is 94.9 cm³/mol. The summed E-state index contributed by atoms with van der Waals surface area (Å²) in [7, 11) is 0. The minimum Gasteiger partial charge on any atom is -0.245 e. The van der Waals surface area contributed by atoms with Crippen molar-refractivity contribution in [3.63, 3.8) is 0 Å². The molecule has 1 aromatic heterocycles. The van der Waals surface area contributed by atoms with Crippen molar-refractivity contribution in [3.05, 3.63) is 77.5 Å². The maximum atomic E-state index is 12.5. The van der Waals surface area contributed by atoms with E-state index in [1.807, 2.05) is 43.3 Å². The summed E-state index contributed by atoms with van der Waals surface area (Å²) in [5, 5.41) is 4.00. The Bertz CT molecular complexity index is 904. The first kappa shape index (κ1) is 17.6. The zero-order chi connectivity index (χ0) is 18.6. The molecule has 2 aromatic carbocycles. The summed E-state index contributed by atoms with van der Waals surface area (Å²) in [5.41, 5.74) is 5.02. The molecule has 3 aromatic rings. The van der Waals surface area contributed by atoms with Gasteiger partial charge >= 0.3 is 6.18 Å². The van der Waals surface area contributed by atoms with Gasteiger partial charge in [-0.2, -0.15) is 18.3 Å². The SMILES string of the molecule is Cc1cc(-c2ccccc2)nc(NN=Cc2ccc(C(F)(F)F)cc2)n1. The van der Waals surface area contributed by atoms with Crippen LogP contribution < -0.4 is 5.43 Å². The van der Waals surface area contributed by atoms with Crippen LogP contribution in [0.4, 0.5) is 19.1 Å². The highest BCUT2D eigenvalue weighted by Crippen LogP contribution is 2.28. The van der Waals surface area contributed by atoms with E-state index in [-0.39, 0.29) is 0 Å². The number of halogens is 3. The van der Waals surface area contributed by atoms with Crippen LogP contribution in [-0.4, -0.2) is 16.2 Å². The van der Waals surface area contributed by atoms with E-state index in [4.69, 9.17) is 0 Å². The molecule has 0 saturated carbocycles. The number of aromatic nitrogens is 2. The highest BCUT2D eigenvalue weighted by atomic mass is 19.4. The molecule has 0 aliphatic heterocycles. The standard InChI is InChI=1S/C19H15F3N4/c1-13-11-17(15-5-3-2-4-6-15)25-18(24-13)26-23-12-14-7-9-16(10-8-14)19(20,21)22/h2-12H,1H3,(H,24,25,26). The summed E-state index contributed by atoms with van der Waals surface area (Å²) < 4.78 is 37.6. The number of nitrogens with zero attached hydrogens (tertiary/aromatic N) is 3. The molecule has 0 aliphatic carbocycles. The van der Waals surface area contributed by atoms with Crippen LogP contribution in [0.1, 0.15) is 16.8 Å². The Morgan fingerprint density at radius 1 is 0.962 bits per heavy atom. The molecule has 26 heavy (non-hydrogen) atoms. The van der Waals surface area contributed by atoms with Gasteiger partial charge in [0.05, 0.1) is 17.5 Å². The zero-order valence-electron chi connectivity index (χ0n) is 13.8. The number of hydrogen-bond acceptors (Lipinski definition) is 4. The first-order valence-corrected chi connectivity index (χ1v) is 7.79. The minimum atomic E-state index is -4.35. The van der Waals surface area contributed by atoms with E-state index in [0.717, 1.165) is 29.1 Å². The molecule has 0 fully saturated rings. The molecule has 0 radical (unpaired) electrons. The van der Waals surface area contributed by atoms with E-state index in [1.165, 1.54) is 18.3 Å². The van der Waals surface area contributed by atoms with Gasteiger partial charge in [-0.1, -0.05) is 42.5 Å². The van der Waals surface area contributed by atoms with Gasteiger partial charge in [0.15, 0.2) is 0 Å². The van der Waals surface area contributed by atoms with Crippen LogP contribution in [0.5, 0.6) is 0 Å². The summed E-state index contributed by atoms with van der Waals surface area (Å²) >= 11 is 0. The molecule has 7 heteroatoms. The van der Waals surface area contributed by atoms with Crippen molar-refractivity contribution in [2.24, 2.45) is 5.10 Å². The first-order chi connectivity index (χ1) is 12.4. The molecule has 0 spiro atoms. The number of nitrogens with one attached hydrogen (secondary N) is 1. The quantitative estimate of drug-likeness (QED) is 0.533. The van der Waals surface area contributed by atoms with Crippen LogP contribution in [0.3, 0.4) is 0 Å². The Morgan fingerprint density at radius 3 is 2.31 bits per heavy atom. The minimum absolute atomic E-state index is 0.312. The van der Waals surface area contributed by atoms with E-state index in [1.54, 1.807) is 0 Å². The second-order valence-corrected chi connectivity index (χ2v) is 5.57. The third kappa shape index (κ3) is 4.44. The molecule has 3 rings (SSSR count). The fourth-order valence-corrected chi connectivity index (χ4v) is 2.30. The Balaban J connectivity index is 1.73. The number of benzene rings is 2. The number of hydrazone groups is 1. The number of rotatable bonds is 4. The average Bonchev–Trinajstić information content (AvgIpc) is 2.62. The van der Waals surface area contributed by atoms with Gasteiger partial charge in [-0.25, -0.2) is 15.4 Å². The van der Waals surface area contributed by atoms with Crippen molar-refractivity contribution < 1.29 is 13.2 Å². The lowest BCUT2D eigenvalue weighted by atomic mass is 10.1. The molecule has 0 aliphatic rings. The van der Waals surface area contributed by atoms with Gasteiger partial charge in [0.25, 0.3) is 0 Å². The Hall–Kier alpha value is -3.22. The van der Waals surface area contributed by atoms with Gasteiger partial charge in [-0.3, -0.25) is 0 Å².